The second-order valence-electron chi connectivity index (χ2n) is 3.54. The van der Waals surface area contributed by atoms with Gasteiger partial charge in [0.2, 0.25) is 10.0 Å². The van der Waals surface area contributed by atoms with Gasteiger partial charge < -0.3 is 0 Å². The highest BCUT2D eigenvalue weighted by atomic mass is 32.2. The van der Waals surface area contributed by atoms with Crippen molar-refractivity contribution < 1.29 is 17.2 Å². The fourth-order valence-corrected chi connectivity index (χ4v) is 2.47. The van der Waals surface area contributed by atoms with Gasteiger partial charge in [-0.1, -0.05) is 6.92 Å². The summed E-state index contributed by atoms with van der Waals surface area (Å²) in [6.07, 6.45) is 0.594. The maximum Gasteiger partial charge on any atom is 0.241 e. The lowest BCUT2D eigenvalue weighted by molar-refractivity contribution is 0.546. The molecule has 0 heterocycles. The largest absolute Gasteiger partial charge is 0.241 e. The number of rotatable bonds is 4. The summed E-state index contributed by atoms with van der Waals surface area (Å²) < 4.78 is 51.3. The molecule has 0 spiro atoms. The first kappa shape index (κ1) is 13.1. The molecule has 0 fully saturated rings. The molecule has 0 aliphatic heterocycles. The van der Waals surface area contributed by atoms with E-state index < -0.39 is 26.6 Å². The Balaban J connectivity index is 3.07. The van der Waals surface area contributed by atoms with E-state index in [2.05, 4.69) is 4.72 Å². The molecule has 3 nitrogen and oxygen atoms in total. The minimum Gasteiger partial charge on any atom is -0.208 e. The fraction of sp³-hybridized carbons (Fsp3) is 0.400. The van der Waals surface area contributed by atoms with Crippen molar-refractivity contribution >= 4 is 10.0 Å². The molecule has 1 rings (SSSR count). The number of hydrogen-bond acceptors (Lipinski definition) is 2. The van der Waals surface area contributed by atoms with E-state index in [0.29, 0.717) is 12.5 Å². The van der Waals surface area contributed by atoms with Crippen molar-refractivity contribution in [2.24, 2.45) is 0 Å². The number of hydrogen-bond donors (Lipinski definition) is 1. The van der Waals surface area contributed by atoms with Gasteiger partial charge in [-0.2, -0.15) is 0 Å². The average molecular weight is 249 g/mol. The van der Waals surface area contributed by atoms with Crippen molar-refractivity contribution in [3.63, 3.8) is 0 Å². The van der Waals surface area contributed by atoms with Crippen LogP contribution in [0.5, 0.6) is 0 Å². The lowest BCUT2D eigenvalue weighted by Gasteiger charge is -2.12. The van der Waals surface area contributed by atoms with Crippen LogP contribution >= 0.6 is 0 Å². The fourth-order valence-electron chi connectivity index (χ4n) is 1.10. The van der Waals surface area contributed by atoms with Gasteiger partial charge >= 0.3 is 0 Å². The number of benzene rings is 1. The van der Waals surface area contributed by atoms with Gasteiger partial charge in [-0.05, 0) is 25.5 Å². The Morgan fingerprint density at radius 3 is 2.19 bits per heavy atom. The zero-order valence-electron chi connectivity index (χ0n) is 9.00. The molecule has 0 saturated carbocycles. The van der Waals surface area contributed by atoms with Crippen LogP contribution < -0.4 is 4.72 Å². The van der Waals surface area contributed by atoms with Crippen LogP contribution in [0, 0.1) is 11.6 Å². The normalized spacial score (nSPS) is 13.8. The SMILES string of the molecule is CC[C@@H](C)NS(=O)(=O)c1cc(F)cc(F)c1. The van der Waals surface area contributed by atoms with E-state index in [0.717, 1.165) is 12.1 Å². The molecule has 6 heteroatoms. The summed E-state index contributed by atoms with van der Waals surface area (Å²) >= 11 is 0. The zero-order chi connectivity index (χ0) is 12.3. The summed E-state index contributed by atoms with van der Waals surface area (Å²) in [4.78, 5) is -0.398. The molecule has 1 atom stereocenters. The van der Waals surface area contributed by atoms with E-state index in [1.165, 1.54) is 0 Å². The Labute approximate surface area is 93.5 Å². The number of nitrogens with one attached hydrogen (secondary N) is 1. The van der Waals surface area contributed by atoms with Crippen LogP contribution in [-0.4, -0.2) is 14.5 Å². The van der Waals surface area contributed by atoms with E-state index in [-0.39, 0.29) is 6.04 Å². The monoisotopic (exact) mass is 249 g/mol. The van der Waals surface area contributed by atoms with E-state index in [1.807, 2.05) is 0 Å². The van der Waals surface area contributed by atoms with Gasteiger partial charge in [-0.15, -0.1) is 0 Å². The van der Waals surface area contributed by atoms with E-state index in [1.54, 1.807) is 13.8 Å². The molecule has 0 aliphatic rings. The van der Waals surface area contributed by atoms with Gasteiger partial charge in [0.1, 0.15) is 11.6 Å². The summed E-state index contributed by atoms with van der Waals surface area (Å²) in [5.41, 5.74) is 0. The Morgan fingerprint density at radius 1 is 1.25 bits per heavy atom. The summed E-state index contributed by atoms with van der Waals surface area (Å²) in [5, 5.41) is 0. The van der Waals surface area contributed by atoms with Gasteiger partial charge in [-0.3, -0.25) is 0 Å². The summed E-state index contributed by atoms with van der Waals surface area (Å²) in [6, 6.07) is 1.92. The quantitative estimate of drug-likeness (QED) is 0.887. The molecule has 1 aromatic carbocycles. The molecule has 0 aliphatic carbocycles. The van der Waals surface area contributed by atoms with Crippen molar-refractivity contribution in [3.05, 3.63) is 29.8 Å². The van der Waals surface area contributed by atoms with Crippen LogP contribution in [0.15, 0.2) is 23.1 Å². The maximum atomic E-state index is 12.8. The minimum atomic E-state index is -3.85. The second kappa shape index (κ2) is 4.88. The predicted octanol–water partition coefficient (Wildman–Crippen LogP) is 2.04. The van der Waals surface area contributed by atoms with Gasteiger partial charge in [-0.25, -0.2) is 21.9 Å². The third kappa shape index (κ3) is 3.24. The van der Waals surface area contributed by atoms with E-state index in [9.17, 15) is 17.2 Å². The highest BCUT2D eigenvalue weighted by Gasteiger charge is 2.18. The maximum absolute atomic E-state index is 12.8. The van der Waals surface area contributed by atoms with E-state index in [4.69, 9.17) is 0 Å². The highest BCUT2D eigenvalue weighted by Crippen LogP contribution is 2.14. The van der Waals surface area contributed by atoms with Crippen LogP contribution in [0.1, 0.15) is 20.3 Å². The molecule has 0 aromatic heterocycles. The molecule has 90 valence electrons. The van der Waals surface area contributed by atoms with Crippen molar-refractivity contribution in [2.45, 2.75) is 31.2 Å². The Morgan fingerprint density at radius 2 is 1.75 bits per heavy atom. The van der Waals surface area contributed by atoms with Gasteiger partial charge in [0.25, 0.3) is 0 Å². The molecular formula is C10H13F2NO2S. The third-order valence-corrected chi connectivity index (χ3v) is 3.68. The molecule has 0 saturated heterocycles. The first-order valence-corrected chi connectivity index (χ1v) is 6.32. The second-order valence-corrected chi connectivity index (χ2v) is 5.25. The number of sulfonamides is 1. The Bertz CT molecular complexity index is 453. The topological polar surface area (TPSA) is 46.2 Å². The molecule has 0 bridgehead atoms. The number of halogens is 2. The van der Waals surface area contributed by atoms with Crippen LogP contribution in [0.3, 0.4) is 0 Å². The molecular weight excluding hydrogens is 236 g/mol. The molecule has 0 amide bonds. The van der Waals surface area contributed by atoms with Gasteiger partial charge in [0, 0.05) is 12.1 Å². The molecule has 1 aromatic rings. The Hall–Kier alpha value is -1.01. The Kier molecular flexibility index (Phi) is 3.98. The van der Waals surface area contributed by atoms with Gasteiger partial charge in [0.05, 0.1) is 4.90 Å². The lowest BCUT2D eigenvalue weighted by Crippen LogP contribution is -2.32. The molecule has 16 heavy (non-hydrogen) atoms. The molecule has 0 radical (unpaired) electrons. The highest BCUT2D eigenvalue weighted by molar-refractivity contribution is 7.89. The molecule has 1 N–H and O–H groups in total. The average Bonchev–Trinajstić information content (AvgIpc) is 2.15. The summed E-state index contributed by atoms with van der Waals surface area (Å²) in [6.45, 7) is 3.48. The van der Waals surface area contributed by atoms with Crippen LogP contribution in [-0.2, 0) is 10.0 Å². The summed E-state index contributed by atoms with van der Waals surface area (Å²) in [7, 11) is -3.85. The molecule has 0 unspecified atom stereocenters. The minimum absolute atomic E-state index is 0.281. The smallest absolute Gasteiger partial charge is 0.208 e. The predicted molar refractivity (Wildman–Crippen MR) is 56.4 cm³/mol. The third-order valence-electron chi connectivity index (χ3n) is 2.12. The van der Waals surface area contributed by atoms with Crippen molar-refractivity contribution in [3.8, 4) is 0 Å². The van der Waals surface area contributed by atoms with Crippen molar-refractivity contribution in [2.75, 3.05) is 0 Å². The van der Waals surface area contributed by atoms with E-state index >= 15 is 0 Å². The van der Waals surface area contributed by atoms with Gasteiger partial charge in [0.15, 0.2) is 0 Å². The standard InChI is InChI=1S/C10H13F2NO2S/c1-3-7(2)13-16(14,15)10-5-8(11)4-9(12)6-10/h4-7,13H,3H2,1-2H3/t7-/m1/s1. The van der Waals surface area contributed by atoms with Crippen LogP contribution in [0.25, 0.3) is 0 Å². The van der Waals surface area contributed by atoms with Crippen LogP contribution in [0.4, 0.5) is 8.78 Å². The lowest BCUT2D eigenvalue weighted by atomic mass is 10.3. The van der Waals surface area contributed by atoms with Crippen molar-refractivity contribution in [1.82, 2.24) is 4.72 Å². The first-order chi connectivity index (χ1) is 7.35. The first-order valence-electron chi connectivity index (χ1n) is 4.83. The van der Waals surface area contributed by atoms with Crippen molar-refractivity contribution in [1.29, 1.82) is 0 Å². The summed E-state index contributed by atoms with van der Waals surface area (Å²) in [5.74, 6) is -1.82. The van der Waals surface area contributed by atoms with Crippen LogP contribution in [0.2, 0.25) is 0 Å². The zero-order valence-corrected chi connectivity index (χ0v) is 9.81.